The molecule has 4 rings (SSSR count). The van der Waals surface area contributed by atoms with Crippen molar-refractivity contribution in [2.24, 2.45) is 21.6 Å². The third-order valence-corrected chi connectivity index (χ3v) is 11.9. The van der Waals surface area contributed by atoms with E-state index in [0.717, 1.165) is 0 Å². The van der Waals surface area contributed by atoms with E-state index in [0.29, 0.717) is 35.3 Å². The van der Waals surface area contributed by atoms with Gasteiger partial charge in [0.15, 0.2) is 5.96 Å². The molecular weight excluding hydrogens is 1210 g/mol. The number of methoxy groups -OCH3 is 1. The van der Waals surface area contributed by atoms with Crippen LogP contribution < -0.4 is 52.1 Å². The Morgan fingerprint density at radius 3 is 1.99 bits per heavy atom. The minimum Gasteiger partial charge on any atom is -0.642 e. The first-order chi connectivity index (χ1) is 40.6. The van der Waals surface area contributed by atoms with E-state index in [1.165, 1.54) is 38.9 Å². The zero-order valence-corrected chi connectivity index (χ0v) is 48.2. The standard InChI is InChI=1S/C33H43N12O8.C12H16N2O5.C6H12NO5.Tc/c34-33(35)38-14-6-10-21-29(50)40-18-26(46)41-24(16-27(47)48)32(53)44-23(15-19-7-2-1-3-8-19)31(52)43-22(30(51)42-21)9-4-5-13-37-28(49)20-11-12-25(45-36)39-17-20;1-17-12(16)10(5-8-19-18-2)14-11(15)9-3-6-13-7-4-9;8-2-6(3-9,4-10)7-1-5(11)12;/h1-3,7-8,11-12,17,21-24H,4-6,9-10,13-16,18H2,(H,37,49)(H,40,50)(H,41,46)(H,42,51)(H,43,52)(H,44,53)(H,47,48)(H4,34,35,38);3-4,6-7,10H,5,8H2,1-2H3,(H,14,15);8-10H,1-4H2,(H,11,12);/q-1;;-1;+2/t21-,22-,23+,24-;;;/m0.../s1. The number of aliphatic carboxylic acids is 2. The molecule has 0 bridgehead atoms. The molecule has 34 heteroatoms. The summed E-state index contributed by atoms with van der Waals surface area (Å²) >= 11 is 1.71. The second-order valence-electron chi connectivity index (χ2n) is 18.1. The molecule has 3 heterocycles. The Hall–Kier alpha value is -8.59. The number of pyridine rings is 2. The topological polar surface area (TPSA) is 514 Å². The summed E-state index contributed by atoms with van der Waals surface area (Å²) < 4.78 is 8.22. The summed E-state index contributed by atoms with van der Waals surface area (Å²) in [6.07, 6.45) is 4.79. The third kappa shape index (κ3) is 29.0. The minimum atomic E-state index is -1.60. The quantitative estimate of drug-likeness (QED) is 0.00484. The van der Waals surface area contributed by atoms with Crippen LogP contribution in [0.1, 0.15) is 71.2 Å². The largest absolute Gasteiger partial charge is 0.642 e. The zero-order chi connectivity index (χ0) is 63.2. The average Bonchev–Trinajstić information content (AvgIpc) is 3.75. The van der Waals surface area contributed by atoms with Crippen molar-refractivity contribution in [1.29, 1.82) is 0 Å². The SMILES string of the molecule is COOCCC(NC(=O)c1ccncc1)C(=O)OC.NC(N)=NCCC[C@@H]1NC(=O)[C@H](CCCCNC(=O)c2ccc(N=[N+]=[Tc])nc2)NC(=O)[C@@H](Cc2ccccc2)NC(=O)[C@H](CC(=O)O)NC(=O)CNC1=O.O=C(O)C[N-]C(CO)(CO)CO. The maximum Gasteiger partial charge on any atom is 0.305 e. The fraction of sp³-hybridized carbons (Fsp3) is 0.471. The van der Waals surface area contributed by atoms with Gasteiger partial charge in [-0.15, -0.1) is 0 Å². The molecule has 0 saturated carbocycles. The molecule has 5 atom stereocenters. The van der Waals surface area contributed by atoms with Crippen LogP contribution in [0.2, 0.25) is 0 Å². The van der Waals surface area contributed by atoms with E-state index < -0.39 is 123 Å². The number of nitrogens with two attached hydrogens (primary N) is 2. The molecule has 3 aromatic rings. The van der Waals surface area contributed by atoms with Crippen molar-refractivity contribution in [3.8, 4) is 0 Å². The Morgan fingerprint density at radius 1 is 0.788 bits per heavy atom. The first-order valence-corrected chi connectivity index (χ1v) is 26.7. The third-order valence-electron chi connectivity index (χ3n) is 11.7. The number of esters is 1. The normalized spacial score (nSPS) is 16.6. The van der Waals surface area contributed by atoms with E-state index in [2.05, 4.69) is 80.5 Å². The number of aromatic nitrogens is 2. The van der Waals surface area contributed by atoms with E-state index in [9.17, 15) is 53.1 Å². The Morgan fingerprint density at radius 2 is 1.41 bits per heavy atom. The summed E-state index contributed by atoms with van der Waals surface area (Å²) in [4.78, 5) is 146. The molecule has 465 valence electrons. The maximum absolute atomic E-state index is 13.9. The van der Waals surface area contributed by atoms with Gasteiger partial charge < -0.3 is 79.0 Å². The van der Waals surface area contributed by atoms with Crippen molar-refractivity contribution < 1.29 is 107 Å². The van der Waals surface area contributed by atoms with Crippen LogP contribution in [0.5, 0.6) is 0 Å². The van der Waals surface area contributed by atoms with E-state index in [1.807, 2.05) is 0 Å². The number of unbranched alkanes of at least 4 members (excludes halogenated alkanes) is 1. The Bertz CT molecular complexity index is 2710. The van der Waals surface area contributed by atoms with Crippen molar-refractivity contribution in [3.63, 3.8) is 0 Å². The molecule has 1 unspecified atom stereocenters. The van der Waals surface area contributed by atoms with E-state index in [4.69, 9.17) is 31.9 Å². The zero-order valence-electron chi connectivity index (χ0n) is 46.4. The number of nitrogens with zero attached hydrogens (tertiary/aromatic N) is 6. The van der Waals surface area contributed by atoms with Crippen LogP contribution >= 0.6 is 0 Å². The number of carboxylic acid groups (broad SMARTS) is 2. The van der Waals surface area contributed by atoms with Crippen LogP contribution in [0, 0.1) is 0 Å². The Balaban J connectivity index is 0.000000644. The van der Waals surface area contributed by atoms with Gasteiger partial charge in [0, 0.05) is 57.2 Å². The Labute approximate surface area is 497 Å². The summed E-state index contributed by atoms with van der Waals surface area (Å²) in [6, 6.07) is 8.72. The Kier molecular flexibility index (Phi) is 34.6. The number of carbonyl (C=O) groups is 10. The number of guanidine groups is 1. The van der Waals surface area contributed by atoms with Gasteiger partial charge in [0.2, 0.25) is 29.5 Å². The van der Waals surface area contributed by atoms with Crippen molar-refractivity contribution in [2.45, 2.75) is 87.1 Å². The van der Waals surface area contributed by atoms with Gasteiger partial charge in [-0.2, -0.15) is 0 Å². The number of hydrogen-bond acceptors (Lipinski definition) is 20. The molecule has 1 saturated heterocycles. The van der Waals surface area contributed by atoms with Gasteiger partial charge in [-0.05, 0) is 37.1 Å². The summed E-state index contributed by atoms with van der Waals surface area (Å²) in [5.74, 6) is -7.81. The number of aliphatic imine (C=N–C) groups is 1. The minimum absolute atomic E-state index is 0.0394. The van der Waals surface area contributed by atoms with Gasteiger partial charge in [0.05, 0.1) is 33.8 Å². The predicted molar refractivity (Wildman–Crippen MR) is 293 cm³/mol. The van der Waals surface area contributed by atoms with Crippen LogP contribution in [0.4, 0.5) is 5.82 Å². The van der Waals surface area contributed by atoms with E-state index in [-0.39, 0.29) is 69.6 Å². The molecule has 2 aromatic heterocycles. The molecular formula is C51H71N15O18Tc. The van der Waals surface area contributed by atoms with Gasteiger partial charge in [0.25, 0.3) is 11.9 Å². The van der Waals surface area contributed by atoms with Crippen LogP contribution in [0.15, 0.2) is 83.3 Å². The van der Waals surface area contributed by atoms with Crippen LogP contribution in [-0.2, 0) is 78.0 Å². The molecule has 1 aliphatic rings. The summed E-state index contributed by atoms with van der Waals surface area (Å²) in [6.45, 7) is -2.41. The molecule has 0 radical (unpaired) electrons. The van der Waals surface area contributed by atoms with E-state index in [1.54, 1.807) is 67.2 Å². The monoisotopic (exact) mass is 1280 g/mol. The average molecular weight is 1280 g/mol. The molecule has 16 N–H and O–H groups in total. The molecule has 7 amide bonds. The van der Waals surface area contributed by atoms with Crippen molar-refractivity contribution >= 4 is 71.0 Å². The summed E-state index contributed by atoms with van der Waals surface area (Å²) in [5.41, 5.74) is 10.7. The van der Waals surface area contributed by atoms with Gasteiger partial charge in [-0.3, -0.25) is 48.3 Å². The van der Waals surface area contributed by atoms with Crippen molar-refractivity contribution in [1.82, 2.24) is 50.6 Å². The smallest absolute Gasteiger partial charge is 0.305 e. The molecule has 1 aromatic carbocycles. The number of hydrogen-bond donors (Lipinski definition) is 14. The van der Waals surface area contributed by atoms with Gasteiger partial charge >= 0.3 is 116 Å². The molecule has 1 aliphatic heterocycles. The predicted octanol–water partition coefficient (Wildman–Crippen LogP) is -3.82. The molecule has 0 aliphatic carbocycles. The maximum atomic E-state index is 13.9. The molecule has 33 nitrogen and oxygen atoms in total. The van der Waals surface area contributed by atoms with Crippen molar-refractivity contribution in [2.75, 3.05) is 66.8 Å². The second kappa shape index (κ2) is 40.6. The van der Waals surface area contributed by atoms with E-state index >= 15 is 0 Å². The van der Waals surface area contributed by atoms with Gasteiger partial charge in [-0.25, -0.2) is 14.6 Å². The second-order valence-corrected chi connectivity index (χ2v) is 18.4. The number of rotatable bonds is 28. The summed E-state index contributed by atoms with van der Waals surface area (Å²) in [7, 11) is 2.62. The number of carbonyl (C=O) groups excluding carboxylic acids is 8. The number of carboxylic acids is 2. The van der Waals surface area contributed by atoms with Gasteiger partial charge in [0.1, 0.15) is 30.2 Å². The summed E-state index contributed by atoms with van der Waals surface area (Å²) in [5, 5.41) is 68.9. The number of amides is 7. The molecule has 0 spiro atoms. The van der Waals surface area contributed by atoms with Crippen LogP contribution in [-0.4, -0.2) is 203 Å². The fourth-order valence-corrected chi connectivity index (χ4v) is 7.34. The molecule has 1 fully saturated rings. The van der Waals surface area contributed by atoms with Crippen molar-refractivity contribution in [3.05, 3.63) is 95.2 Å². The number of benzene rings is 1. The number of ether oxygens (including phenoxy) is 1. The van der Waals surface area contributed by atoms with Crippen LogP contribution in [0.3, 0.4) is 0 Å². The number of nitrogens with one attached hydrogen (secondary N) is 7. The fourth-order valence-electron chi connectivity index (χ4n) is 7.15. The van der Waals surface area contributed by atoms with Gasteiger partial charge in [-0.1, -0.05) is 35.9 Å². The first kappa shape index (κ1) is 72.5. The first-order valence-electron chi connectivity index (χ1n) is 25.9. The number of aliphatic hydroxyl groups is 3. The van der Waals surface area contributed by atoms with Crippen LogP contribution in [0.25, 0.3) is 5.32 Å². The number of aliphatic hydroxyl groups excluding tert-OH is 3. The molecule has 85 heavy (non-hydrogen) atoms.